The monoisotopic (exact) mass is 444 g/mol. The third-order valence-electron chi connectivity index (χ3n) is 5.99. The van der Waals surface area contributed by atoms with Gasteiger partial charge in [0.15, 0.2) is 0 Å². The van der Waals surface area contributed by atoms with Gasteiger partial charge in [-0.3, -0.25) is 9.59 Å². The first-order valence-corrected chi connectivity index (χ1v) is 12.1. The maximum atomic E-state index is 13.2. The first kappa shape index (κ1) is 21.6. The molecule has 2 amide bonds. The van der Waals surface area contributed by atoms with Gasteiger partial charge in [-0.15, -0.1) is 0 Å². The van der Waals surface area contributed by atoms with Crippen molar-refractivity contribution in [3.63, 3.8) is 0 Å². The summed E-state index contributed by atoms with van der Waals surface area (Å²) in [6.45, 7) is 3.85. The second-order valence-corrected chi connectivity index (χ2v) is 10.2. The molecule has 0 spiro atoms. The minimum Gasteiger partial charge on any atom is -0.356 e. The van der Waals surface area contributed by atoms with Crippen molar-refractivity contribution in [2.75, 3.05) is 31.5 Å². The lowest BCUT2D eigenvalue weighted by Gasteiger charge is -2.31. The van der Waals surface area contributed by atoms with Crippen LogP contribution >= 0.6 is 0 Å². The lowest BCUT2D eigenvalue weighted by molar-refractivity contribution is -0.120. The summed E-state index contributed by atoms with van der Waals surface area (Å²) in [5.74, 6) is -0.773. The second kappa shape index (κ2) is 8.84. The second-order valence-electron chi connectivity index (χ2n) is 8.31. The minimum absolute atomic E-state index is 0.0645. The quantitative estimate of drug-likeness (QED) is 0.740. The van der Waals surface area contributed by atoms with Gasteiger partial charge in [-0.1, -0.05) is 17.7 Å². The molecule has 166 valence electrons. The number of anilines is 1. The molecule has 31 heavy (non-hydrogen) atoms. The average molecular weight is 445 g/mol. The van der Waals surface area contributed by atoms with Crippen LogP contribution in [0.25, 0.3) is 0 Å². The summed E-state index contributed by atoms with van der Waals surface area (Å²) in [6, 6.07) is 8.92. The number of aromatic nitrogens is 1. The Labute approximate surface area is 182 Å². The molecule has 4 rings (SSSR count). The van der Waals surface area contributed by atoms with E-state index in [9.17, 15) is 18.0 Å². The average Bonchev–Trinajstić information content (AvgIpc) is 3.48. The van der Waals surface area contributed by atoms with Crippen molar-refractivity contribution >= 4 is 27.5 Å². The number of H-pyrrole nitrogens is 1. The predicted octanol–water partition coefficient (Wildman–Crippen LogP) is 2.60. The third-order valence-corrected chi connectivity index (χ3v) is 7.83. The number of nitrogens with zero attached hydrogens (tertiary/aromatic N) is 2. The third kappa shape index (κ3) is 4.67. The summed E-state index contributed by atoms with van der Waals surface area (Å²) in [5, 5.41) is 2.88. The van der Waals surface area contributed by atoms with Gasteiger partial charge >= 0.3 is 0 Å². The number of aromatic amines is 1. The number of likely N-dealkylation sites (tertiary alicyclic amines) is 1. The van der Waals surface area contributed by atoms with Crippen molar-refractivity contribution in [2.24, 2.45) is 5.92 Å². The standard InChI is InChI=1S/C22H28N4O4S/c1-16-6-8-18(9-7-16)24-21(27)17-5-4-12-26(15-17)31(29,30)19-13-20(23-14-19)22(28)25-10-2-3-11-25/h6-9,13-14,17,23H,2-5,10-12,15H2,1H3,(H,24,27)/t17-/m0/s1. The van der Waals surface area contributed by atoms with E-state index in [0.29, 0.717) is 38.2 Å². The molecule has 2 aliphatic rings. The molecule has 0 aliphatic carbocycles. The van der Waals surface area contributed by atoms with E-state index >= 15 is 0 Å². The highest BCUT2D eigenvalue weighted by Gasteiger charge is 2.34. The highest BCUT2D eigenvalue weighted by atomic mass is 32.2. The molecule has 2 aromatic rings. The Kier molecular flexibility index (Phi) is 6.15. The van der Waals surface area contributed by atoms with Gasteiger partial charge in [-0.25, -0.2) is 8.42 Å². The lowest BCUT2D eigenvalue weighted by Crippen LogP contribution is -2.43. The normalized spacial score (nSPS) is 20.0. The maximum absolute atomic E-state index is 13.2. The van der Waals surface area contributed by atoms with E-state index in [0.717, 1.165) is 18.4 Å². The number of sulfonamides is 1. The molecule has 2 N–H and O–H groups in total. The van der Waals surface area contributed by atoms with E-state index in [1.54, 1.807) is 4.90 Å². The first-order valence-electron chi connectivity index (χ1n) is 10.7. The van der Waals surface area contributed by atoms with Crippen molar-refractivity contribution in [1.29, 1.82) is 0 Å². The van der Waals surface area contributed by atoms with Crippen molar-refractivity contribution < 1.29 is 18.0 Å². The summed E-state index contributed by atoms with van der Waals surface area (Å²) in [5.41, 5.74) is 2.08. The molecule has 0 radical (unpaired) electrons. The van der Waals surface area contributed by atoms with Crippen molar-refractivity contribution in [2.45, 2.75) is 37.5 Å². The number of rotatable bonds is 5. The molecule has 2 fully saturated rings. The molecule has 0 bridgehead atoms. The van der Waals surface area contributed by atoms with E-state index in [1.165, 1.54) is 16.6 Å². The Morgan fingerprint density at radius 1 is 1.06 bits per heavy atom. The van der Waals surface area contributed by atoms with Gasteiger partial charge in [0, 0.05) is 38.1 Å². The zero-order chi connectivity index (χ0) is 22.0. The number of benzene rings is 1. The fraction of sp³-hybridized carbons (Fsp3) is 0.455. The van der Waals surface area contributed by atoms with Crippen LogP contribution in [0.2, 0.25) is 0 Å². The van der Waals surface area contributed by atoms with E-state index < -0.39 is 15.9 Å². The SMILES string of the molecule is Cc1ccc(NC(=O)[C@H]2CCCN(S(=O)(=O)c3c[nH]c(C(=O)N4CCCC4)c3)C2)cc1. The Bertz CT molecular complexity index is 1060. The number of aryl methyl sites for hydroxylation is 1. The van der Waals surface area contributed by atoms with Crippen LogP contribution in [0.4, 0.5) is 5.69 Å². The number of nitrogens with one attached hydrogen (secondary N) is 2. The number of amides is 2. The molecular formula is C22H28N4O4S. The van der Waals surface area contributed by atoms with Crippen molar-refractivity contribution in [1.82, 2.24) is 14.2 Å². The first-order chi connectivity index (χ1) is 14.8. The summed E-state index contributed by atoms with van der Waals surface area (Å²) < 4.78 is 27.7. The van der Waals surface area contributed by atoms with Crippen LogP contribution in [-0.4, -0.2) is 60.6 Å². The van der Waals surface area contributed by atoms with Gasteiger partial charge < -0.3 is 15.2 Å². The summed E-state index contributed by atoms with van der Waals surface area (Å²) >= 11 is 0. The number of carbonyl (C=O) groups is 2. The van der Waals surface area contributed by atoms with Gasteiger partial charge in [0.1, 0.15) is 10.6 Å². The summed E-state index contributed by atoms with van der Waals surface area (Å²) in [6.07, 6.45) is 4.55. The number of piperidine rings is 1. The highest BCUT2D eigenvalue weighted by Crippen LogP contribution is 2.26. The molecule has 0 saturated carbocycles. The van der Waals surface area contributed by atoms with Crippen LogP contribution in [0.5, 0.6) is 0 Å². The van der Waals surface area contributed by atoms with E-state index in [1.807, 2.05) is 31.2 Å². The number of hydrogen-bond donors (Lipinski definition) is 2. The van der Waals surface area contributed by atoms with Gasteiger partial charge in [0.05, 0.1) is 5.92 Å². The van der Waals surface area contributed by atoms with Gasteiger partial charge in [0.2, 0.25) is 15.9 Å². The smallest absolute Gasteiger partial charge is 0.270 e. The topological polar surface area (TPSA) is 103 Å². The molecule has 1 aromatic heterocycles. The zero-order valence-electron chi connectivity index (χ0n) is 17.6. The molecule has 3 heterocycles. The lowest BCUT2D eigenvalue weighted by atomic mass is 9.98. The van der Waals surface area contributed by atoms with Gasteiger partial charge in [-0.05, 0) is 50.8 Å². The van der Waals surface area contributed by atoms with E-state index in [-0.39, 0.29) is 28.9 Å². The molecule has 0 unspecified atom stereocenters. The fourth-order valence-corrected chi connectivity index (χ4v) is 5.66. The van der Waals surface area contributed by atoms with Crippen molar-refractivity contribution in [3.8, 4) is 0 Å². The van der Waals surface area contributed by atoms with Crippen LogP contribution in [0.1, 0.15) is 41.7 Å². The number of hydrogen-bond acceptors (Lipinski definition) is 4. The van der Waals surface area contributed by atoms with Crippen molar-refractivity contribution in [3.05, 3.63) is 47.8 Å². The van der Waals surface area contributed by atoms with E-state index in [4.69, 9.17) is 0 Å². The Morgan fingerprint density at radius 3 is 2.48 bits per heavy atom. The largest absolute Gasteiger partial charge is 0.356 e. The number of carbonyl (C=O) groups excluding carboxylic acids is 2. The van der Waals surface area contributed by atoms with Crippen LogP contribution in [0.3, 0.4) is 0 Å². The molecule has 2 aliphatic heterocycles. The molecule has 8 nitrogen and oxygen atoms in total. The fourth-order valence-electron chi connectivity index (χ4n) is 4.14. The highest BCUT2D eigenvalue weighted by molar-refractivity contribution is 7.89. The van der Waals surface area contributed by atoms with Gasteiger partial charge in [-0.2, -0.15) is 4.31 Å². The Hall–Kier alpha value is -2.65. The van der Waals surface area contributed by atoms with Crippen LogP contribution in [-0.2, 0) is 14.8 Å². The molecule has 1 atom stereocenters. The molecule has 2 saturated heterocycles. The van der Waals surface area contributed by atoms with Crippen LogP contribution in [0.15, 0.2) is 41.4 Å². The Balaban J connectivity index is 1.44. The summed E-state index contributed by atoms with van der Waals surface area (Å²) in [4.78, 5) is 29.9. The van der Waals surface area contributed by atoms with Crippen LogP contribution in [0, 0.1) is 12.8 Å². The predicted molar refractivity (Wildman–Crippen MR) is 117 cm³/mol. The summed E-state index contributed by atoms with van der Waals surface area (Å²) in [7, 11) is -3.79. The molecular weight excluding hydrogens is 416 g/mol. The van der Waals surface area contributed by atoms with E-state index in [2.05, 4.69) is 10.3 Å². The zero-order valence-corrected chi connectivity index (χ0v) is 18.5. The Morgan fingerprint density at radius 2 is 1.77 bits per heavy atom. The van der Waals surface area contributed by atoms with Crippen LogP contribution < -0.4 is 5.32 Å². The molecule has 9 heteroatoms. The van der Waals surface area contributed by atoms with Gasteiger partial charge in [0.25, 0.3) is 5.91 Å². The molecule has 1 aromatic carbocycles. The maximum Gasteiger partial charge on any atom is 0.270 e. The minimum atomic E-state index is -3.79.